The van der Waals surface area contributed by atoms with Gasteiger partial charge in [0.25, 0.3) is 6.43 Å². The van der Waals surface area contributed by atoms with E-state index in [0.29, 0.717) is 4.31 Å². The Kier molecular flexibility index (Phi) is 5.52. The number of hydrogen-bond donors (Lipinski definition) is 1. The van der Waals surface area contributed by atoms with Crippen LogP contribution in [0.2, 0.25) is 10.0 Å². The molecule has 0 aromatic heterocycles. The van der Waals surface area contributed by atoms with Gasteiger partial charge in [-0.05, 0) is 17.7 Å². The zero-order valence-electron chi connectivity index (χ0n) is 9.78. The summed E-state index contributed by atoms with van der Waals surface area (Å²) in [4.78, 5) is -0.370. The average molecular weight is 334 g/mol. The van der Waals surface area contributed by atoms with Crippen molar-refractivity contribution in [3.63, 3.8) is 0 Å². The summed E-state index contributed by atoms with van der Waals surface area (Å²) in [5.41, 5.74) is 0.148. The summed E-state index contributed by atoms with van der Waals surface area (Å²) in [6.07, 6.45) is -2.80. The smallest absolute Gasteiger partial charge is 0.252 e. The van der Waals surface area contributed by atoms with Crippen LogP contribution in [0, 0.1) is 0 Å². The van der Waals surface area contributed by atoms with Gasteiger partial charge in [-0.25, -0.2) is 17.2 Å². The van der Waals surface area contributed by atoms with E-state index in [9.17, 15) is 17.2 Å². The number of alkyl halides is 2. The maximum absolute atomic E-state index is 12.2. The third-order valence-corrected chi connectivity index (χ3v) is 4.99. The summed E-state index contributed by atoms with van der Waals surface area (Å²) in [5.74, 6) is 0. The quantitative estimate of drug-likeness (QED) is 0.899. The van der Waals surface area contributed by atoms with Crippen LogP contribution in [0.5, 0.6) is 0 Å². The number of sulfonamides is 1. The van der Waals surface area contributed by atoms with E-state index in [1.165, 1.54) is 0 Å². The highest BCUT2D eigenvalue weighted by Crippen LogP contribution is 2.30. The molecule has 0 fully saturated rings. The molecule has 1 aromatic rings. The summed E-state index contributed by atoms with van der Waals surface area (Å²) in [6.45, 7) is -1.44. The molecule has 0 saturated heterocycles. The third-order valence-electron chi connectivity index (χ3n) is 2.35. The number of rotatable bonds is 5. The van der Waals surface area contributed by atoms with Crippen LogP contribution < -0.4 is 0 Å². The van der Waals surface area contributed by atoms with Crippen molar-refractivity contribution in [2.45, 2.75) is 17.9 Å². The van der Waals surface area contributed by atoms with Crippen molar-refractivity contribution in [3.05, 3.63) is 27.7 Å². The number of halogens is 4. The van der Waals surface area contributed by atoms with Crippen LogP contribution in [0.3, 0.4) is 0 Å². The molecule has 0 aliphatic carbocycles. The van der Waals surface area contributed by atoms with Gasteiger partial charge in [-0.1, -0.05) is 23.2 Å². The Morgan fingerprint density at radius 2 is 1.89 bits per heavy atom. The second-order valence-corrected chi connectivity index (χ2v) is 6.54. The first kappa shape index (κ1) is 16.6. The molecule has 0 bridgehead atoms. The molecular formula is C10H11Cl2F2NO3S. The van der Waals surface area contributed by atoms with E-state index < -0.39 is 29.6 Å². The van der Waals surface area contributed by atoms with Crippen LogP contribution in [0.1, 0.15) is 5.56 Å². The topological polar surface area (TPSA) is 57.6 Å². The van der Waals surface area contributed by atoms with Crippen molar-refractivity contribution >= 4 is 33.2 Å². The van der Waals surface area contributed by atoms with Crippen molar-refractivity contribution in [1.29, 1.82) is 0 Å². The number of benzene rings is 1. The molecule has 1 rings (SSSR count). The number of nitrogens with zero attached hydrogens (tertiary/aromatic N) is 1. The first-order valence-corrected chi connectivity index (χ1v) is 7.23. The van der Waals surface area contributed by atoms with Gasteiger partial charge in [-0.15, -0.1) is 0 Å². The van der Waals surface area contributed by atoms with Gasteiger partial charge in [0.05, 0.1) is 18.2 Å². The van der Waals surface area contributed by atoms with E-state index in [1.54, 1.807) is 0 Å². The lowest BCUT2D eigenvalue weighted by atomic mass is 10.2. The molecule has 0 radical (unpaired) electrons. The Balaban J connectivity index is 3.28. The van der Waals surface area contributed by atoms with Crippen molar-refractivity contribution in [1.82, 2.24) is 4.31 Å². The molecule has 4 nitrogen and oxygen atoms in total. The third kappa shape index (κ3) is 3.76. The molecule has 0 heterocycles. The molecule has 19 heavy (non-hydrogen) atoms. The molecular weight excluding hydrogens is 323 g/mol. The van der Waals surface area contributed by atoms with Gasteiger partial charge in [0.15, 0.2) is 0 Å². The second-order valence-electron chi connectivity index (χ2n) is 3.71. The monoisotopic (exact) mass is 333 g/mol. The maximum atomic E-state index is 12.2. The van der Waals surface area contributed by atoms with Crippen molar-refractivity contribution in [2.75, 3.05) is 13.6 Å². The minimum Gasteiger partial charge on any atom is -0.392 e. The Morgan fingerprint density at radius 1 is 1.32 bits per heavy atom. The number of aliphatic hydroxyl groups excluding tert-OH is 1. The van der Waals surface area contributed by atoms with Crippen LogP contribution in [-0.2, 0) is 16.6 Å². The fraction of sp³-hybridized carbons (Fsp3) is 0.400. The largest absolute Gasteiger partial charge is 0.392 e. The van der Waals surface area contributed by atoms with Crippen LogP contribution in [0.4, 0.5) is 8.78 Å². The van der Waals surface area contributed by atoms with Crippen LogP contribution in [0.15, 0.2) is 17.0 Å². The minimum absolute atomic E-state index is 0.1000. The molecule has 0 spiro atoms. The lowest BCUT2D eigenvalue weighted by Gasteiger charge is -2.18. The number of hydrogen-bond acceptors (Lipinski definition) is 3. The summed E-state index contributed by atoms with van der Waals surface area (Å²) in [5, 5.41) is 8.94. The lowest BCUT2D eigenvalue weighted by Crippen LogP contribution is -2.31. The Morgan fingerprint density at radius 3 is 2.37 bits per heavy atom. The fourth-order valence-electron chi connectivity index (χ4n) is 1.35. The zero-order chi connectivity index (χ0) is 14.8. The summed E-state index contributed by atoms with van der Waals surface area (Å²) >= 11 is 11.5. The summed E-state index contributed by atoms with van der Waals surface area (Å²) in [6, 6.07) is 2.22. The summed E-state index contributed by atoms with van der Waals surface area (Å²) in [7, 11) is -3.14. The first-order chi connectivity index (χ1) is 8.70. The van der Waals surface area contributed by atoms with E-state index in [4.69, 9.17) is 28.3 Å². The summed E-state index contributed by atoms with van der Waals surface area (Å²) < 4.78 is 49.1. The molecule has 0 atom stereocenters. The SMILES string of the molecule is CN(CC(F)F)S(=O)(=O)c1cc(CO)c(Cl)cc1Cl. The highest BCUT2D eigenvalue weighted by Gasteiger charge is 2.26. The van der Waals surface area contributed by atoms with Gasteiger partial charge in [-0.3, -0.25) is 0 Å². The van der Waals surface area contributed by atoms with Gasteiger partial charge in [0.1, 0.15) is 4.90 Å². The Hall–Kier alpha value is -0.470. The van der Waals surface area contributed by atoms with Gasteiger partial charge in [-0.2, -0.15) is 4.31 Å². The van der Waals surface area contributed by atoms with Crippen molar-refractivity contribution in [3.8, 4) is 0 Å². The first-order valence-electron chi connectivity index (χ1n) is 5.03. The molecule has 0 saturated carbocycles. The van der Waals surface area contributed by atoms with Crippen LogP contribution in [0.25, 0.3) is 0 Å². The molecule has 0 aliphatic heterocycles. The van der Waals surface area contributed by atoms with E-state index in [1.807, 2.05) is 0 Å². The normalized spacial score (nSPS) is 12.4. The van der Waals surface area contributed by atoms with E-state index >= 15 is 0 Å². The lowest BCUT2D eigenvalue weighted by molar-refractivity contribution is 0.126. The fourth-order valence-corrected chi connectivity index (χ4v) is 3.33. The maximum Gasteiger partial charge on any atom is 0.252 e. The minimum atomic E-state index is -4.16. The van der Waals surface area contributed by atoms with E-state index in [0.717, 1.165) is 19.2 Å². The van der Waals surface area contributed by atoms with Gasteiger partial charge in [0, 0.05) is 12.1 Å². The van der Waals surface area contributed by atoms with E-state index in [2.05, 4.69) is 0 Å². The number of aliphatic hydroxyl groups is 1. The molecule has 0 aliphatic rings. The van der Waals surface area contributed by atoms with Crippen molar-refractivity contribution in [2.24, 2.45) is 0 Å². The van der Waals surface area contributed by atoms with Gasteiger partial charge in [0.2, 0.25) is 10.0 Å². The molecule has 9 heteroatoms. The van der Waals surface area contributed by atoms with Gasteiger partial charge >= 0.3 is 0 Å². The average Bonchev–Trinajstić information content (AvgIpc) is 2.27. The standard InChI is InChI=1S/C10H11Cl2F2NO3S/c1-15(4-10(13)14)19(17,18)9-2-6(5-16)7(11)3-8(9)12/h2-3,10,16H,4-5H2,1H3. The molecule has 108 valence electrons. The predicted molar refractivity (Wildman–Crippen MR) is 68.2 cm³/mol. The second kappa shape index (κ2) is 6.32. The Bertz CT molecular complexity index is 566. The van der Waals surface area contributed by atoms with Crippen molar-refractivity contribution < 1.29 is 22.3 Å². The highest BCUT2D eigenvalue weighted by molar-refractivity contribution is 7.89. The highest BCUT2D eigenvalue weighted by atomic mass is 35.5. The molecule has 1 N–H and O–H groups in total. The van der Waals surface area contributed by atoms with Gasteiger partial charge < -0.3 is 5.11 Å². The van der Waals surface area contributed by atoms with Crippen LogP contribution in [-0.4, -0.2) is 37.8 Å². The van der Waals surface area contributed by atoms with E-state index in [-0.39, 0.29) is 20.5 Å². The van der Waals surface area contributed by atoms with Crippen LogP contribution >= 0.6 is 23.2 Å². The molecule has 0 amide bonds. The molecule has 0 unspecified atom stereocenters. The Labute approximate surface area is 119 Å². The molecule has 1 aromatic carbocycles. The zero-order valence-corrected chi connectivity index (χ0v) is 12.1. The predicted octanol–water partition coefficient (Wildman–Crippen LogP) is 2.37.